The van der Waals surface area contributed by atoms with Gasteiger partial charge in [0.15, 0.2) is 11.6 Å². The fourth-order valence-electron chi connectivity index (χ4n) is 2.89. The summed E-state index contributed by atoms with van der Waals surface area (Å²) < 4.78 is 31.5. The molecule has 1 fully saturated rings. The van der Waals surface area contributed by atoms with E-state index in [4.69, 9.17) is 4.74 Å². The fraction of sp³-hybridized carbons (Fsp3) is 0.611. The maximum absolute atomic E-state index is 13.4. The molecule has 1 heterocycles. The summed E-state index contributed by atoms with van der Waals surface area (Å²) in [6, 6.07) is 3.21. The van der Waals surface area contributed by atoms with Gasteiger partial charge in [-0.2, -0.15) is 0 Å². The molecule has 0 aliphatic carbocycles. The van der Waals surface area contributed by atoms with Gasteiger partial charge in [0.05, 0.1) is 6.61 Å². The lowest BCUT2D eigenvalue weighted by Gasteiger charge is -2.32. The third-order valence-corrected chi connectivity index (χ3v) is 4.34. The van der Waals surface area contributed by atoms with Gasteiger partial charge in [-0.1, -0.05) is 6.92 Å². The molecule has 1 aromatic carbocycles. The zero-order valence-electron chi connectivity index (χ0n) is 14.2. The normalized spacial score (nSPS) is 15.5. The topological polar surface area (TPSA) is 41.6 Å². The lowest BCUT2D eigenvalue weighted by Crippen LogP contribution is -2.40. The molecule has 6 heteroatoms. The highest BCUT2D eigenvalue weighted by atomic mass is 19.1. The van der Waals surface area contributed by atoms with E-state index >= 15 is 0 Å². The number of nitrogens with zero attached hydrogens (tertiary/aromatic N) is 1. The molecule has 4 nitrogen and oxygen atoms in total. The van der Waals surface area contributed by atoms with Crippen LogP contribution in [0.4, 0.5) is 8.78 Å². The minimum atomic E-state index is -0.718. The Balaban J connectivity index is 1.63. The van der Waals surface area contributed by atoms with Gasteiger partial charge in [-0.3, -0.25) is 4.79 Å². The first-order chi connectivity index (χ1) is 11.6. The van der Waals surface area contributed by atoms with E-state index in [1.165, 1.54) is 6.07 Å². The maximum Gasteiger partial charge on any atom is 0.222 e. The predicted octanol–water partition coefficient (Wildman–Crippen LogP) is 2.97. The maximum atomic E-state index is 13.4. The fourth-order valence-corrected chi connectivity index (χ4v) is 2.89. The SMILES string of the molecule is CCNCC1CCN(C(=O)CCCOc2ccc(F)cc2F)CC1. The average Bonchev–Trinajstić information content (AvgIpc) is 2.58. The Labute approximate surface area is 142 Å². The molecule has 1 saturated heterocycles. The van der Waals surface area contributed by atoms with Gasteiger partial charge in [-0.25, -0.2) is 8.78 Å². The summed E-state index contributed by atoms with van der Waals surface area (Å²) in [6.45, 7) is 5.96. The van der Waals surface area contributed by atoms with Gasteiger partial charge in [-0.05, 0) is 50.4 Å². The molecular formula is C18H26F2N2O2. The van der Waals surface area contributed by atoms with E-state index in [9.17, 15) is 13.6 Å². The largest absolute Gasteiger partial charge is 0.491 e. The summed E-state index contributed by atoms with van der Waals surface area (Å²) in [6.07, 6.45) is 2.99. The van der Waals surface area contributed by atoms with Crippen molar-refractivity contribution in [1.29, 1.82) is 0 Å². The molecule has 1 aliphatic heterocycles. The first kappa shape index (κ1) is 18.6. The van der Waals surface area contributed by atoms with Gasteiger partial charge in [0.1, 0.15) is 5.82 Å². The number of carbonyl (C=O) groups is 1. The average molecular weight is 340 g/mol. The third kappa shape index (κ3) is 5.74. The molecule has 1 amide bonds. The van der Waals surface area contributed by atoms with Crippen LogP contribution in [0.25, 0.3) is 0 Å². The van der Waals surface area contributed by atoms with Crippen LogP contribution < -0.4 is 10.1 Å². The van der Waals surface area contributed by atoms with Crippen LogP contribution in [0.2, 0.25) is 0 Å². The Morgan fingerprint density at radius 3 is 2.75 bits per heavy atom. The first-order valence-electron chi connectivity index (χ1n) is 8.66. The number of ether oxygens (including phenoxy) is 1. The first-order valence-corrected chi connectivity index (χ1v) is 8.66. The highest BCUT2D eigenvalue weighted by Crippen LogP contribution is 2.19. The molecule has 0 spiro atoms. The molecule has 1 aromatic rings. The number of hydrogen-bond donors (Lipinski definition) is 1. The van der Waals surface area contributed by atoms with Crippen molar-refractivity contribution in [3.63, 3.8) is 0 Å². The van der Waals surface area contributed by atoms with Crippen molar-refractivity contribution in [1.82, 2.24) is 10.2 Å². The van der Waals surface area contributed by atoms with E-state index in [1.807, 2.05) is 4.90 Å². The summed E-state index contributed by atoms with van der Waals surface area (Å²) in [5, 5.41) is 3.35. The predicted molar refractivity (Wildman–Crippen MR) is 88.9 cm³/mol. The van der Waals surface area contributed by atoms with Gasteiger partial charge in [0.25, 0.3) is 0 Å². The molecule has 134 valence electrons. The van der Waals surface area contributed by atoms with E-state index in [0.29, 0.717) is 18.8 Å². The van der Waals surface area contributed by atoms with Crippen molar-refractivity contribution in [3.8, 4) is 5.75 Å². The molecule has 0 saturated carbocycles. The summed E-state index contributed by atoms with van der Waals surface area (Å²) in [5.74, 6) is -0.552. The molecule has 0 aromatic heterocycles. The number of amides is 1. The Kier molecular flexibility index (Phi) is 7.43. The molecule has 0 atom stereocenters. The molecule has 1 N–H and O–H groups in total. The van der Waals surface area contributed by atoms with Crippen LogP contribution in [0.5, 0.6) is 5.75 Å². The van der Waals surface area contributed by atoms with Gasteiger partial charge in [-0.15, -0.1) is 0 Å². The van der Waals surface area contributed by atoms with Crippen LogP contribution in [-0.2, 0) is 4.79 Å². The van der Waals surface area contributed by atoms with E-state index in [1.54, 1.807) is 0 Å². The Morgan fingerprint density at radius 1 is 1.33 bits per heavy atom. The third-order valence-electron chi connectivity index (χ3n) is 4.34. The smallest absolute Gasteiger partial charge is 0.222 e. The zero-order chi connectivity index (χ0) is 17.4. The molecule has 0 bridgehead atoms. The number of nitrogens with one attached hydrogen (secondary N) is 1. The second kappa shape index (κ2) is 9.57. The number of carbonyl (C=O) groups excluding carboxylic acids is 1. The molecular weight excluding hydrogens is 314 g/mol. The van der Waals surface area contributed by atoms with Crippen molar-refractivity contribution in [2.45, 2.75) is 32.6 Å². The molecule has 24 heavy (non-hydrogen) atoms. The van der Waals surface area contributed by atoms with Crippen molar-refractivity contribution in [2.24, 2.45) is 5.92 Å². The monoisotopic (exact) mass is 340 g/mol. The Bertz CT molecular complexity index is 532. The van der Waals surface area contributed by atoms with Crippen LogP contribution in [0.1, 0.15) is 32.6 Å². The van der Waals surface area contributed by atoms with E-state index in [2.05, 4.69) is 12.2 Å². The molecule has 0 radical (unpaired) electrons. The van der Waals surface area contributed by atoms with Crippen LogP contribution in [0, 0.1) is 17.6 Å². The highest BCUT2D eigenvalue weighted by Gasteiger charge is 2.22. The van der Waals surface area contributed by atoms with E-state index in [0.717, 1.165) is 51.2 Å². The second-order valence-electron chi connectivity index (χ2n) is 6.16. The van der Waals surface area contributed by atoms with Gasteiger partial charge >= 0.3 is 0 Å². The minimum absolute atomic E-state index is 0.0214. The van der Waals surface area contributed by atoms with Gasteiger partial charge < -0.3 is 15.0 Å². The minimum Gasteiger partial charge on any atom is -0.491 e. The highest BCUT2D eigenvalue weighted by molar-refractivity contribution is 5.76. The summed E-state index contributed by atoms with van der Waals surface area (Å²) in [4.78, 5) is 14.1. The number of benzene rings is 1. The number of halogens is 2. The number of rotatable bonds is 8. The van der Waals surface area contributed by atoms with Crippen molar-refractivity contribution in [3.05, 3.63) is 29.8 Å². The van der Waals surface area contributed by atoms with E-state index < -0.39 is 11.6 Å². The van der Waals surface area contributed by atoms with Crippen molar-refractivity contribution < 1.29 is 18.3 Å². The summed E-state index contributed by atoms with van der Waals surface area (Å²) >= 11 is 0. The van der Waals surface area contributed by atoms with E-state index in [-0.39, 0.29) is 18.3 Å². The van der Waals surface area contributed by atoms with Crippen LogP contribution in [0.3, 0.4) is 0 Å². The number of hydrogen-bond acceptors (Lipinski definition) is 3. The number of likely N-dealkylation sites (tertiary alicyclic amines) is 1. The molecule has 2 rings (SSSR count). The van der Waals surface area contributed by atoms with Gasteiger partial charge in [0, 0.05) is 25.6 Å². The van der Waals surface area contributed by atoms with Crippen LogP contribution in [0.15, 0.2) is 18.2 Å². The van der Waals surface area contributed by atoms with Gasteiger partial charge in [0.2, 0.25) is 5.91 Å². The number of piperidine rings is 1. The quantitative estimate of drug-likeness (QED) is 0.740. The zero-order valence-corrected chi connectivity index (χ0v) is 14.2. The molecule has 0 unspecified atom stereocenters. The van der Waals surface area contributed by atoms with Crippen LogP contribution >= 0.6 is 0 Å². The Morgan fingerprint density at radius 2 is 2.08 bits per heavy atom. The standard InChI is InChI=1S/C18H26F2N2O2/c1-2-21-13-14-7-9-22(10-8-14)18(23)4-3-11-24-17-6-5-15(19)12-16(17)20/h5-6,12,14,21H,2-4,7-11,13H2,1H3. The van der Waals surface area contributed by atoms with Crippen molar-refractivity contribution >= 4 is 5.91 Å². The second-order valence-corrected chi connectivity index (χ2v) is 6.16. The Hall–Kier alpha value is -1.69. The lowest BCUT2D eigenvalue weighted by atomic mass is 9.96. The lowest BCUT2D eigenvalue weighted by molar-refractivity contribution is -0.132. The van der Waals surface area contributed by atoms with Crippen molar-refractivity contribution in [2.75, 3.05) is 32.8 Å². The van der Waals surface area contributed by atoms with Crippen LogP contribution in [-0.4, -0.2) is 43.6 Å². The summed E-state index contributed by atoms with van der Waals surface area (Å²) in [7, 11) is 0. The molecule has 1 aliphatic rings. The summed E-state index contributed by atoms with van der Waals surface area (Å²) in [5.41, 5.74) is 0.